The Hall–Kier alpha value is -1.76. The molecule has 0 spiro atoms. The Morgan fingerprint density at radius 1 is 1.47 bits per heavy atom. The Bertz CT molecular complexity index is 476. The molecule has 2 N–H and O–H groups in total. The summed E-state index contributed by atoms with van der Waals surface area (Å²) in [6, 6.07) is 6.55. The van der Waals surface area contributed by atoms with Crippen LogP contribution in [0.15, 0.2) is 24.3 Å². The van der Waals surface area contributed by atoms with Gasteiger partial charge in [-0.1, -0.05) is 18.2 Å². The summed E-state index contributed by atoms with van der Waals surface area (Å²) in [6.07, 6.45) is -4.77. The number of nitrogens with one attached hydrogen (secondary N) is 1. The van der Waals surface area contributed by atoms with Crippen molar-refractivity contribution in [2.24, 2.45) is 5.92 Å². The number of hydrogen-bond acceptors (Lipinski definition) is 3. The minimum absolute atomic E-state index is 0.198. The molecule has 0 bridgehead atoms. The van der Waals surface area contributed by atoms with Gasteiger partial charge in [0.05, 0.1) is 6.04 Å². The molecule has 1 heterocycles. The van der Waals surface area contributed by atoms with E-state index < -0.39 is 30.7 Å². The van der Waals surface area contributed by atoms with Crippen molar-refractivity contribution >= 4 is 5.97 Å². The minimum Gasteiger partial charge on any atom is -0.491 e. The highest BCUT2D eigenvalue weighted by atomic mass is 19.4. The van der Waals surface area contributed by atoms with Gasteiger partial charge in [0.1, 0.15) is 12.4 Å². The molecule has 7 heteroatoms. The molecule has 19 heavy (non-hydrogen) atoms. The average Bonchev–Trinajstić information content (AvgIpc) is 2.71. The highest BCUT2D eigenvalue weighted by molar-refractivity contribution is 5.71. The summed E-state index contributed by atoms with van der Waals surface area (Å²) in [5, 5.41) is 11.2. The van der Waals surface area contributed by atoms with E-state index in [1.165, 1.54) is 0 Å². The molecule has 0 aromatic heterocycles. The van der Waals surface area contributed by atoms with Crippen LogP contribution >= 0.6 is 0 Å². The summed E-state index contributed by atoms with van der Waals surface area (Å²) in [6.45, 7) is -0.481. The van der Waals surface area contributed by atoms with Crippen LogP contribution in [0.2, 0.25) is 0 Å². The van der Waals surface area contributed by atoms with Gasteiger partial charge in [-0.25, -0.2) is 0 Å². The molecular formula is C12H12F3NO3. The van der Waals surface area contributed by atoms with Gasteiger partial charge in [0.25, 0.3) is 0 Å². The quantitative estimate of drug-likeness (QED) is 0.882. The maximum absolute atomic E-state index is 12.5. The first kappa shape index (κ1) is 13.7. The van der Waals surface area contributed by atoms with E-state index in [1.54, 1.807) is 24.3 Å². The second-order valence-electron chi connectivity index (χ2n) is 4.24. The van der Waals surface area contributed by atoms with Crippen LogP contribution in [-0.4, -0.2) is 30.4 Å². The maximum Gasteiger partial charge on any atom is 0.403 e. The first-order chi connectivity index (χ1) is 8.89. The fraction of sp³-hybridized carbons (Fsp3) is 0.417. The standard InChI is InChI=1S/C12H12F3NO3/c13-12(14,15)8(11(17)18)5-16-9-6-19-10-4-2-1-3-7(9)10/h1-4,8-9,16H,5-6H2,(H,17,18). The Morgan fingerprint density at radius 2 is 2.16 bits per heavy atom. The molecule has 2 rings (SSSR count). The molecule has 2 atom stereocenters. The van der Waals surface area contributed by atoms with E-state index in [-0.39, 0.29) is 6.61 Å². The molecule has 1 aliphatic heterocycles. The second kappa shape index (κ2) is 5.08. The maximum atomic E-state index is 12.5. The molecule has 0 amide bonds. The van der Waals surface area contributed by atoms with Gasteiger partial charge in [0.2, 0.25) is 0 Å². The lowest BCUT2D eigenvalue weighted by Gasteiger charge is -2.19. The second-order valence-corrected chi connectivity index (χ2v) is 4.24. The zero-order chi connectivity index (χ0) is 14.0. The molecule has 0 saturated heterocycles. The molecule has 1 aromatic carbocycles. The number of rotatable bonds is 4. The van der Waals surface area contributed by atoms with Crippen molar-refractivity contribution in [2.45, 2.75) is 12.2 Å². The van der Waals surface area contributed by atoms with Gasteiger partial charge in [-0.15, -0.1) is 0 Å². The van der Waals surface area contributed by atoms with Gasteiger partial charge in [0, 0.05) is 12.1 Å². The zero-order valence-corrected chi connectivity index (χ0v) is 9.78. The lowest BCUT2D eigenvalue weighted by Crippen LogP contribution is -2.40. The Morgan fingerprint density at radius 3 is 2.79 bits per heavy atom. The molecule has 0 aliphatic carbocycles. The van der Waals surface area contributed by atoms with Crippen LogP contribution in [0.4, 0.5) is 13.2 Å². The normalized spacial score (nSPS) is 19.6. The van der Waals surface area contributed by atoms with Crippen LogP contribution in [0.5, 0.6) is 5.75 Å². The van der Waals surface area contributed by atoms with Crippen molar-refractivity contribution in [1.29, 1.82) is 0 Å². The summed E-state index contributed by atoms with van der Waals surface area (Å²) >= 11 is 0. The third-order valence-electron chi connectivity index (χ3n) is 2.96. The number of carboxylic acid groups (broad SMARTS) is 1. The topological polar surface area (TPSA) is 58.6 Å². The fourth-order valence-corrected chi connectivity index (χ4v) is 1.93. The van der Waals surface area contributed by atoms with E-state index in [1.807, 2.05) is 0 Å². The summed E-state index contributed by atoms with van der Waals surface area (Å²) in [4.78, 5) is 10.6. The molecule has 2 unspecified atom stereocenters. The van der Waals surface area contributed by atoms with Crippen LogP contribution in [0.1, 0.15) is 11.6 Å². The minimum atomic E-state index is -4.77. The van der Waals surface area contributed by atoms with Crippen LogP contribution in [0.3, 0.4) is 0 Å². The molecule has 1 aliphatic rings. The smallest absolute Gasteiger partial charge is 0.403 e. The van der Waals surface area contributed by atoms with E-state index in [0.29, 0.717) is 5.75 Å². The Balaban J connectivity index is 2.02. The first-order valence-corrected chi connectivity index (χ1v) is 5.64. The van der Waals surface area contributed by atoms with Gasteiger partial charge in [-0.05, 0) is 6.07 Å². The Labute approximate surface area is 107 Å². The molecule has 104 valence electrons. The monoisotopic (exact) mass is 275 g/mol. The van der Waals surface area contributed by atoms with E-state index in [2.05, 4.69) is 5.32 Å². The highest BCUT2D eigenvalue weighted by Crippen LogP contribution is 2.32. The lowest BCUT2D eigenvalue weighted by molar-refractivity contribution is -0.192. The van der Waals surface area contributed by atoms with Crippen molar-refractivity contribution < 1.29 is 27.8 Å². The SMILES string of the molecule is O=C(O)C(CNC1COc2ccccc21)C(F)(F)F. The van der Waals surface area contributed by atoms with Crippen molar-refractivity contribution in [3.63, 3.8) is 0 Å². The number of hydrogen-bond donors (Lipinski definition) is 2. The molecule has 1 aromatic rings. The highest BCUT2D eigenvalue weighted by Gasteiger charge is 2.45. The lowest BCUT2D eigenvalue weighted by atomic mass is 10.1. The Kier molecular flexibility index (Phi) is 3.66. The summed E-state index contributed by atoms with van der Waals surface area (Å²) in [5.74, 6) is -3.69. The number of benzene rings is 1. The third-order valence-corrected chi connectivity index (χ3v) is 2.96. The zero-order valence-electron chi connectivity index (χ0n) is 9.78. The van der Waals surface area contributed by atoms with Crippen molar-refractivity contribution in [1.82, 2.24) is 5.32 Å². The largest absolute Gasteiger partial charge is 0.491 e. The van der Waals surface area contributed by atoms with E-state index >= 15 is 0 Å². The average molecular weight is 275 g/mol. The number of ether oxygens (including phenoxy) is 1. The summed E-state index contributed by atoms with van der Waals surface area (Å²) < 4.78 is 42.8. The van der Waals surface area contributed by atoms with Gasteiger partial charge < -0.3 is 15.2 Å². The number of fused-ring (bicyclic) bond motifs is 1. The van der Waals surface area contributed by atoms with Gasteiger partial charge in [-0.2, -0.15) is 13.2 Å². The van der Waals surface area contributed by atoms with E-state index in [0.717, 1.165) is 5.56 Å². The number of halogens is 3. The van der Waals surface area contributed by atoms with Crippen molar-refractivity contribution in [3.05, 3.63) is 29.8 Å². The number of para-hydroxylation sites is 1. The van der Waals surface area contributed by atoms with Gasteiger partial charge >= 0.3 is 12.1 Å². The van der Waals surface area contributed by atoms with Crippen LogP contribution in [0, 0.1) is 5.92 Å². The fourth-order valence-electron chi connectivity index (χ4n) is 1.93. The van der Waals surface area contributed by atoms with Crippen LogP contribution < -0.4 is 10.1 Å². The summed E-state index contributed by atoms with van der Waals surface area (Å²) in [7, 11) is 0. The molecule has 0 saturated carbocycles. The predicted octanol–water partition coefficient (Wildman–Crippen LogP) is 1.97. The number of carboxylic acids is 1. The number of aliphatic carboxylic acids is 1. The molecule has 4 nitrogen and oxygen atoms in total. The number of carbonyl (C=O) groups is 1. The molecule has 0 fully saturated rings. The van der Waals surface area contributed by atoms with Crippen molar-refractivity contribution in [3.8, 4) is 5.75 Å². The molecular weight excluding hydrogens is 263 g/mol. The third kappa shape index (κ3) is 2.98. The number of alkyl halides is 3. The van der Waals surface area contributed by atoms with E-state index in [4.69, 9.17) is 9.84 Å². The first-order valence-electron chi connectivity index (χ1n) is 5.64. The van der Waals surface area contributed by atoms with Crippen LogP contribution in [0.25, 0.3) is 0 Å². The molecule has 0 radical (unpaired) electrons. The van der Waals surface area contributed by atoms with Gasteiger partial charge in [0.15, 0.2) is 5.92 Å². The van der Waals surface area contributed by atoms with Gasteiger partial charge in [-0.3, -0.25) is 4.79 Å². The predicted molar refractivity (Wildman–Crippen MR) is 59.9 cm³/mol. The summed E-state index contributed by atoms with van der Waals surface area (Å²) in [5.41, 5.74) is 0.744. The van der Waals surface area contributed by atoms with E-state index in [9.17, 15) is 18.0 Å². The van der Waals surface area contributed by atoms with Crippen molar-refractivity contribution in [2.75, 3.05) is 13.2 Å². The van der Waals surface area contributed by atoms with Crippen LogP contribution in [-0.2, 0) is 4.79 Å².